The normalized spacial score (nSPS) is 11.0. The zero-order valence-corrected chi connectivity index (χ0v) is 14.5. The molecule has 0 saturated carbocycles. The predicted molar refractivity (Wildman–Crippen MR) is 97.7 cm³/mol. The Hall–Kier alpha value is -2.56. The van der Waals surface area contributed by atoms with Gasteiger partial charge in [-0.1, -0.05) is 38.0 Å². The van der Waals surface area contributed by atoms with E-state index in [0.717, 1.165) is 47.0 Å². The summed E-state index contributed by atoms with van der Waals surface area (Å²) in [4.78, 5) is 4.70. The Kier molecular flexibility index (Phi) is 4.99. The molecule has 0 amide bonds. The molecule has 2 aromatic heterocycles. The summed E-state index contributed by atoms with van der Waals surface area (Å²) in [5.74, 6) is 1.81. The third-order valence-electron chi connectivity index (χ3n) is 4.08. The fraction of sp³-hybridized carbons (Fsp3) is 0.368. The molecule has 24 heavy (non-hydrogen) atoms. The van der Waals surface area contributed by atoms with Crippen LogP contribution in [0.5, 0.6) is 5.75 Å². The summed E-state index contributed by atoms with van der Waals surface area (Å²) >= 11 is 0. The minimum absolute atomic E-state index is 0.827. The number of rotatable bonds is 7. The van der Waals surface area contributed by atoms with Crippen LogP contribution >= 0.6 is 0 Å². The van der Waals surface area contributed by atoms with Gasteiger partial charge in [0.25, 0.3) is 0 Å². The second-order valence-electron chi connectivity index (χ2n) is 5.91. The largest absolute Gasteiger partial charge is 0.496 e. The zero-order chi connectivity index (χ0) is 16.9. The van der Waals surface area contributed by atoms with Crippen molar-refractivity contribution in [2.75, 3.05) is 19.0 Å². The van der Waals surface area contributed by atoms with Gasteiger partial charge in [-0.3, -0.25) is 0 Å². The van der Waals surface area contributed by atoms with Crippen molar-refractivity contribution in [2.45, 2.75) is 33.1 Å². The molecule has 0 saturated heterocycles. The van der Waals surface area contributed by atoms with Gasteiger partial charge in [-0.15, -0.1) is 0 Å². The highest BCUT2D eigenvalue weighted by Crippen LogP contribution is 2.32. The molecule has 3 rings (SSSR count). The highest BCUT2D eigenvalue weighted by atomic mass is 16.5. The Bertz CT molecular complexity index is 825. The number of methoxy groups -OCH3 is 1. The van der Waals surface area contributed by atoms with E-state index < -0.39 is 0 Å². The topological polar surface area (TPSA) is 51.5 Å². The maximum absolute atomic E-state index is 5.49. The standard InChI is InChI=1S/C19H24N4O/c1-4-5-8-11-20-18-12-14(2)22-19-16(13-21-23(18)19)15-9-6-7-10-17(15)24-3/h6-7,9-10,12-13,20H,4-5,8,11H2,1-3H3. The van der Waals surface area contributed by atoms with E-state index in [1.165, 1.54) is 12.8 Å². The lowest BCUT2D eigenvalue weighted by atomic mass is 10.1. The Morgan fingerprint density at radius 3 is 2.79 bits per heavy atom. The molecule has 0 bridgehead atoms. The molecule has 0 aliphatic carbocycles. The van der Waals surface area contributed by atoms with Gasteiger partial charge in [-0.2, -0.15) is 9.61 Å². The molecular weight excluding hydrogens is 300 g/mol. The third kappa shape index (κ3) is 3.20. The van der Waals surface area contributed by atoms with Crippen molar-refractivity contribution in [3.63, 3.8) is 0 Å². The Morgan fingerprint density at radius 1 is 1.17 bits per heavy atom. The molecule has 0 spiro atoms. The van der Waals surface area contributed by atoms with E-state index >= 15 is 0 Å². The molecule has 2 heterocycles. The summed E-state index contributed by atoms with van der Waals surface area (Å²) in [6.07, 6.45) is 5.45. The Labute approximate surface area is 142 Å². The van der Waals surface area contributed by atoms with Crippen LogP contribution in [0.3, 0.4) is 0 Å². The molecule has 0 aliphatic heterocycles. The number of unbranched alkanes of at least 4 members (excludes halogenated alkanes) is 2. The van der Waals surface area contributed by atoms with Crippen LogP contribution in [0.1, 0.15) is 31.9 Å². The molecule has 0 unspecified atom stereocenters. The summed E-state index contributed by atoms with van der Waals surface area (Å²) in [7, 11) is 1.68. The van der Waals surface area contributed by atoms with Gasteiger partial charge in [0.15, 0.2) is 5.65 Å². The van der Waals surface area contributed by atoms with Gasteiger partial charge in [0.2, 0.25) is 0 Å². The minimum atomic E-state index is 0.827. The monoisotopic (exact) mass is 324 g/mol. The molecule has 1 aromatic carbocycles. The maximum atomic E-state index is 5.49. The number of hydrogen-bond acceptors (Lipinski definition) is 4. The van der Waals surface area contributed by atoms with E-state index in [4.69, 9.17) is 9.72 Å². The van der Waals surface area contributed by atoms with Crippen molar-refractivity contribution in [3.8, 4) is 16.9 Å². The van der Waals surface area contributed by atoms with Crippen LogP contribution < -0.4 is 10.1 Å². The molecular formula is C19H24N4O. The van der Waals surface area contributed by atoms with Crippen LogP contribution in [0.2, 0.25) is 0 Å². The van der Waals surface area contributed by atoms with E-state index in [1.54, 1.807) is 7.11 Å². The van der Waals surface area contributed by atoms with Crippen molar-refractivity contribution in [2.24, 2.45) is 0 Å². The average Bonchev–Trinajstić information content (AvgIpc) is 3.02. The molecule has 3 aromatic rings. The van der Waals surface area contributed by atoms with Crippen molar-refractivity contribution < 1.29 is 4.74 Å². The van der Waals surface area contributed by atoms with Gasteiger partial charge in [0.1, 0.15) is 11.6 Å². The van der Waals surface area contributed by atoms with E-state index in [2.05, 4.69) is 17.3 Å². The summed E-state index contributed by atoms with van der Waals surface area (Å²) in [5, 5.41) is 8.03. The third-order valence-corrected chi connectivity index (χ3v) is 4.08. The quantitative estimate of drug-likeness (QED) is 0.658. The van der Waals surface area contributed by atoms with Crippen LogP contribution in [0.25, 0.3) is 16.8 Å². The fourth-order valence-corrected chi connectivity index (χ4v) is 2.86. The van der Waals surface area contributed by atoms with Crippen LogP contribution in [0.4, 0.5) is 5.82 Å². The number of aromatic nitrogens is 3. The fourth-order valence-electron chi connectivity index (χ4n) is 2.86. The second kappa shape index (κ2) is 7.34. The molecule has 0 radical (unpaired) electrons. The SMILES string of the molecule is CCCCCNc1cc(C)nc2c(-c3ccccc3OC)cnn12. The summed E-state index contributed by atoms with van der Waals surface area (Å²) in [5.41, 5.74) is 3.80. The second-order valence-corrected chi connectivity index (χ2v) is 5.91. The van der Waals surface area contributed by atoms with E-state index in [1.807, 2.05) is 48.0 Å². The lowest BCUT2D eigenvalue weighted by molar-refractivity contribution is 0.416. The van der Waals surface area contributed by atoms with Crippen molar-refractivity contribution in [3.05, 3.63) is 42.2 Å². The van der Waals surface area contributed by atoms with Gasteiger partial charge in [-0.25, -0.2) is 4.98 Å². The number of nitrogens with one attached hydrogen (secondary N) is 1. The number of benzene rings is 1. The summed E-state index contributed by atoms with van der Waals surface area (Å²) < 4.78 is 7.37. The van der Waals surface area contributed by atoms with Gasteiger partial charge < -0.3 is 10.1 Å². The van der Waals surface area contributed by atoms with E-state index in [-0.39, 0.29) is 0 Å². The number of anilines is 1. The van der Waals surface area contributed by atoms with Crippen LogP contribution in [-0.2, 0) is 0 Å². The van der Waals surface area contributed by atoms with Gasteiger partial charge in [-0.05, 0) is 19.4 Å². The Balaban J connectivity index is 2.01. The van der Waals surface area contributed by atoms with Crippen LogP contribution in [0, 0.1) is 6.92 Å². The number of ether oxygens (including phenoxy) is 1. The molecule has 5 heteroatoms. The number of nitrogens with zero attached hydrogens (tertiary/aromatic N) is 3. The highest BCUT2D eigenvalue weighted by Gasteiger charge is 2.14. The number of para-hydroxylation sites is 1. The van der Waals surface area contributed by atoms with Crippen LogP contribution in [0.15, 0.2) is 36.5 Å². The van der Waals surface area contributed by atoms with Crippen molar-refractivity contribution >= 4 is 11.5 Å². The van der Waals surface area contributed by atoms with Gasteiger partial charge in [0, 0.05) is 23.9 Å². The minimum Gasteiger partial charge on any atom is -0.496 e. The van der Waals surface area contributed by atoms with E-state index in [0.29, 0.717) is 0 Å². The van der Waals surface area contributed by atoms with E-state index in [9.17, 15) is 0 Å². The summed E-state index contributed by atoms with van der Waals surface area (Å²) in [6.45, 7) is 5.16. The first kappa shape index (κ1) is 16.3. The lowest BCUT2D eigenvalue weighted by Gasteiger charge is -2.10. The first-order valence-corrected chi connectivity index (χ1v) is 8.47. The summed E-state index contributed by atoms with van der Waals surface area (Å²) in [6, 6.07) is 10.00. The number of fused-ring (bicyclic) bond motifs is 1. The molecule has 126 valence electrons. The van der Waals surface area contributed by atoms with Crippen LogP contribution in [-0.4, -0.2) is 28.3 Å². The van der Waals surface area contributed by atoms with Crippen molar-refractivity contribution in [1.29, 1.82) is 0 Å². The number of aryl methyl sites for hydroxylation is 1. The number of hydrogen-bond donors (Lipinski definition) is 1. The first-order chi connectivity index (χ1) is 11.7. The lowest BCUT2D eigenvalue weighted by Crippen LogP contribution is -2.08. The first-order valence-electron chi connectivity index (χ1n) is 8.47. The van der Waals surface area contributed by atoms with Gasteiger partial charge in [0.05, 0.1) is 18.9 Å². The Morgan fingerprint density at radius 2 is 2.00 bits per heavy atom. The molecule has 5 nitrogen and oxygen atoms in total. The molecule has 1 N–H and O–H groups in total. The predicted octanol–water partition coefficient (Wildman–Crippen LogP) is 4.32. The smallest absolute Gasteiger partial charge is 0.165 e. The molecule has 0 fully saturated rings. The highest BCUT2D eigenvalue weighted by molar-refractivity contribution is 5.82. The molecule has 0 atom stereocenters. The van der Waals surface area contributed by atoms with Gasteiger partial charge >= 0.3 is 0 Å². The van der Waals surface area contributed by atoms with Crippen molar-refractivity contribution in [1.82, 2.24) is 14.6 Å². The average molecular weight is 324 g/mol. The maximum Gasteiger partial charge on any atom is 0.165 e. The zero-order valence-electron chi connectivity index (χ0n) is 14.5. The molecule has 0 aliphatic rings.